The van der Waals surface area contributed by atoms with Crippen LogP contribution in [0.3, 0.4) is 0 Å². The number of hydrogen-bond donors (Lipinski definition) is 2. The summed E-state index contributed by atoms with van der Waals surface area (Å²) >= 11 is 0. The van der Waals surface area contributed by atoms with Crippen molar-refractivity contribution in [3.8, 4) is 0 Å². The van der Waals surface area contributed by atoms with Crippen LogP contribution in [-0.2, 0) is 14.3 Å². The van der Waals surface area contributed by atoms with Crippen molar-refractivity contribution in [2.24, 2.45) is 0 Å². The van der Waals surface area contributed by atoms with E-state index in [-0.39, 0.29) is 23.6 Å². The zero-order chi connectivity index (χ0) is 28.2. The Morgan fingerprint density at radius 2 is 1.70 bits per heavy atom. The second-order valence-corrected chi connectivity index (χ2v) is 11.5. The van der Waals surface area contributed by atoms with Crippen LogP contribution in [0.5, 0.6) is 0 Å². The molecule has 5 aliphatic rings. The summed E-state index contributed by atoms with van der Waals surface area (Å²) in [5.41, 5.74) is 2.36. The number of anilines is 1. The molecular formula is C29H39F2N5O4. The highest BCUT2D eigenvalue weighted by atomic mass is 19.1. The predicted molar refractivity (Wildman–Crippen MR) is 146 cm³/mol. The van der Waals surface area contributed by atoms with Crippen LogP contribution in [0.15, 0.2) is 23.4 Å². The molecule has 2 N–H and O–H groups in total. The number of benzene rings is 1. The molecular weight excluding hydrogens is 520 g/mol. The number of nitrogens with zero attached hydrogens (tertiary/aromatic N) is 3. The van der Waals surface area contributed by atoms with Crippen LogP contribution in [0.25, 0.3) is 0 Å². The summed E-state index contributed by atoms with van der Waals surface area (Å²) in [7, 11) is 2.19. The van der Waals surface area contributed by atoms with Gasteiger partial charge in [-0.3, -0.25) is 9.59 Å². The van der Waals surface area contributed by atoms with Crippen molar-refractivity contribution in [2.75, 3.05) is 51.2 Å². The lowest BCUT2D eigenvalue weighted by atomic mass is 9.83. The fraction of sp³-hybridized carbons (Fsp3) is 0.621. The van der Waals surface area contributed by atoms with Gasteiger partial charge in [-0.05, 0) is 77.2 Å². The number of alkyl carbamates (subject to hydrolysis) is 1. The average Bonchev–Trinajstić information content (AvgIpc) is 2.83. The molecule has 40 heavy (non-hydrogen) atoms. The molecule has 4 heterocycles. The van der Waals surface area contributed by atoms with Gasteiger partial charge in [0.1, 0.15) is 17.7 Å². The largest absolute Gasteiger partial charge is 0.442 e. The number of halogens is 2. The summed E-state index contributed by atoms with van der Waals surface area (Å²) in [6.07, 6.45) is 8.21. The lowest BCUT2D eigenvalue weighted by molar-refractivity contribution is -0.127. The molecule has 1 unspecified atom stereocenters. The van der Waals surface area contributed by atoms with Gasteiger partial charge in [-0.15, -0.1) is 0 Å². The zero-order valence-electron chi connectivity index (χ0n) is 23.1. The van der Waals surface area contributed by atoms with Crippen LogP contribution in [-0.4, -0.2) is 86.7 Å². The first-order chi connectivity index (χ1) is 19.3. The lowest BCUT2D eigenvalue weighted by Gasteiger charge is -2.42. The van der Waals surface area contributed by atoms with Gasteiger partial charge >= 0.3 is 6.09 Å². The van der Waals surface area contributed by atoms with E-state index >= 15 is 0 Å². The number of nitrogens with one attached hydrogen (secondary N) is 2. The molecule has 1 atom stereocenters. The molecule has 5 fully saturated rings. The predicted octanol–water partition coefficient (Wildman–Crippen LogP) is 3.25. The quantitative estimate of drug-likeness (QED) is 0.538. The number of hydrogen-bond acceptors (Lipinski definition) is 6. The van der Waals surface area contributed by atoms with Crippen molar-refractivity contribution in [1.82, 2.24) is 20.4 Å². The second-order valence-electron chi connectivity index (χ2n) is 11.5. The molecule has 0 spiro atoms. The van der Waals surface area contributed by atoms with E-state index in [1.165, 1.54) is 55.0 Å². The van der Waals surface area contributed by atoms with E-state index in [4.69, 9.17) is 4.74 Å². The molecule has 1 saturated carbocycles. The summed E-state index contributed by atoms with van der Waals surface area (Å²) in [5, 5.41) is 5.57. The molecule has 0 bridgehead atoms. The highest BCUT2D eigenvalue weighted by molar-refractivity contribution is 5.86. The fourth-order valence-corrected chi connectivity index (χ4v) is 5.82. The highest BCUT2D eigenvalue weighted by Gasteiger charge is 2.36. The first-order valence-electron chi connectivity index (χ1n) is 14.4. The fourth-order valence-electron chi connectivity index (χ4n) is 5.82. The van der Waals surface area contributed by atoms with Crippen molar-refractivity contribution in [3.05, 3.63) is 40.6 Å². The summed E-state index contributed by atoms with van der Waals surface area (Å²) < 4.78 is 35.0. The molecule has 6 rings (SSSR count). The Morgan fingerprint density at radius 1 is 1.02 bits per heavy atom. The number of piperidine rings is 2. The molecule has 9 nitrogen and oxygen atoms in total. The Kier molecular flexibility index (Phi) is 8.87. The van der Waals surface area contributed by atoms with E-state index in [1.807, 2.05) is 0 Å². The van der Waals surface area contributed by atoms with Crippen molar-refractivity contribution >= 4 is 24.1 Å². The van der Waals surface area contributed by atoms with E-state index in [2.05, 4.69) is 22.6 Å². The van der Waals surface area contributed by atoms with Crippen LogP contribution >= 0.6 is 0 Å². The van der Waals surface area contributed by atoms with E-state index < -0.39 is 23.6 Å². The van der Waals surface area contributed by atoms with Crippen LogP contribution in [0, 0.1) is 11.6 Å². The number of carbonyl (C=O) groups excluding carboxylic acids is 3. The maximum absolute atomic E-state index is 14.9. The lowest BCUT2D eigenvalue weighted by Crippen LogP contribution is -2.61. The maximum atomic E-state index is 14.9. The molecule has 0 radical (unpaired) electrons. The Balaban J connectivity index is 0.000000403. The SMILES string of the molecule is CN1CCCCC1.O=CN1CC(OC(=O)NC2CN(c3cc(F)c(C4CCC(=C5CCC5)NC4=O)c(F)c3)C2)C1. The van der Waals surface area contributed by atoms with Gasteiger partial charge in [0.15, 0.2) is 0 Å². The van der Waals surface area contributed by atoms with Crippen LogP contribution in [0.2, 0.25) is 0 Å². The van der Waals surface area contributed by atoms with Gasteiger partial charge in [-0.1, -0.05) is 12.0 Å². The third-order valence-corrected chi connectivity index (χ3v) is 8.52. The van der Waals surface area contributed by atoms with Crippen molar-refractivity contribution in [2.45, 2.75) is 69.4 Å². The summed E-state index contributed by atoms with van der Waals surface area (Å²) in [6.45, 7) is 4.19. The summed E-state index contributed by atoms with van der Waals surface area (Å²) in [4.78, 5) is 40.7. The highest BCUT2D eigenvalue weighted by Crippen LogP contribution is 2.37. The van der Waals surface area contributed by atoms with Gasteiger partial charge in [0.25, 0.3) is 0 Å². The van der Waals surface area contributed by atoms with Gasteiger partial charge in [0, 0.05) is 30.0 Å². The number of allylic oxidation sites excluding steroid dienone is 2. The van der Waals surface area contributed by atoms with E-state index in [0.29, 0.717) is 51.1 Å². The Morgan fingerprint density at radius 3 is 2.23 bits per heavy atom. The third-order valence-electron chi connectivity index (χ3n) is 8.52. The average molecular weight is 560 g/mol. The van der Waals surface area contributed by atoms with Crippen LogP contribution in [0.4, 0.5) is 19.3 Å². The third kappa shape index (κ3) is 6.56. The molecule has 4 saturated heterocycles. The van der Waals surface area contributed by atoms with Gasteiger partial charge in [-0.2, -0.15) is 0 Å². The van der Waals surface area contributed by atoms with Crippen LogP contribution < -0.4 is 15.5 Å². The molecule has 0 aromatic heterocycles. The number of ether oxygens (including phenoxy) is 1. The topological polar surface area (TPSA) is 94.2 Å². The molecule has 3 amide bonds. The van der Waals surface area contributed by atoms with E-state index in [1.54, 1.807) is 4.90 Å². The first-order valence-corrected chi connectivity index (χ1v) is 14.4. The van der Waals surface area contributed by atoms with Gasteiger partial charge in [0.2, 0.25) is 12.3 Å². The minimum Gasteiger partial charge on any atom is -0.442 e. The van der Waals surface area contributed by atoms with Crippen molar-refractivity contribution in [1.29, 1.82) is 0 Å². The summed E-state index contributed by atoms with van der Waals surface area (Å²) in [5.74, 6) is -2.66. The van der Waals surface area contributed by atoms with Gasteiger partial charge < -0.3 is 30.1 Å². The number of rotatable bonds is 5. The Bertz CT molecular complexity index is 1110. The second kappa shape index (κ2) is 12.5. The molecule has 1 aromatic carbocycles. The Labute approximate surface area is 233 Å². The molecule has 4 aliphatic heterocycles. The smallest absolute Gasteiger partial charge is 0.407 e. The molecule has 1 aromatic rings. The standard InChI is InChI=1S/C23H26F2N4O4.C6H13N/c24-18-6-15(29-8-14(9-29)26-23(32)33-16-10-28(11-16)12-30)7-19(25)21(18)17-4-5-20(27-22(17)31)13-2-1-3-13;1-7-5-3-2-4-6-7/h6-7,12,14,16-17H,1-5,8-11H2,(H,26,32)(H,27,31);2-6H2,1H3. The monoisotopic (exact) mass is 559 g/mol. The van der Waals surface area contributed by atoms with E-state index in [0.717, 1.165) is 25.0 Å². The number of amides is 3. The van der Waals surface area contributed by atoms with E-state index in [9.17, 15) is 23.2 Å². The van der Waals surface area contributed by atoms with Crippen molar-refractivity contribution < 1.29 is 27.9 Å². The molecule has 1 aliphatic carbocycles. The van der Waals surface area contributed by atoms with Gasteiger partial charge in [-0.25, -0.2) is 13.6 Å². The molecule has 11 heteroatoms. The first kappa shape index (κ1) is 28.3. The normalized spacial score (nSPS) is 23.7. The van der Waals surface area contributed by atoms with Crippen LogP contribution in [0.1, 0.15) is 62.8 Å². The van der Waals surface area contributed by atoms with Crippen molar-refractivity contribution in [3.63, 3.8) is 0 Å². The zero-order valence-corrected chi connectivity index (χ0v) is 23.1. The molecule has 218 valence electrons. The van der Waals surface area contributed by atoms with Gasteiger partial charge in [0.05, 0.1) is 25.0 Å². The minimum absolute atomic E-state index is 0.183. The Hall–Kier alpha value is -3.21. The minimum atomic E-state index is -0.842. The number of carbonyl (C=O) groups is 3. The maximum Gasteiger partial charge on any atom is 0.407 e. The number of likely N-dealkylation sites (tertiary alicyclic amines) is 2. The summed E-state index contributed by atoms with van der Waals surface area (Å²) in [6, 6.07) is 2.30.